The van der Waals surface area contributed by atoms with E-state index in [-0.39, 0.29) is 0 Å². The highest BCUT2D eigenvalue weighted by molar-refractivity contribution is 5.79. The number of aryl methyl sites for hydroxylation is 1. The van der Waals surface area contributed by atoms with E-state index in [0.29, 0.717) is 13.0 Å². The first-order valence-corrected chi connectivity index (χ1v) is 6.45. The van der Waals surface area contributed by atoms with Crippen molar-refractivity contribution in [2.24, 2.45) is 0 Å². The molecule has 1 N–H and O–H groups in total. The number of alkyl halides is 1. The second-order valence-electron chi connectivity index (χ2n) is 5.11. The van der Waals surface area contributed by atoms with Crippen LogP contribution in [-0.2, 0) is 5.67 Å². The maximum Gasteiger partial charge on any atom is 0.148 e. The molecule has 0 aliphatic carbocycles. The van der Waals surface area contributed by atoms with Crippen molar-refractivity contribution < 1.29 is 4.39 Å². The van der Waals surface area contributed by atoms with Crippen LogP contribution >= 0.6 is 0 Å². The number of fused-ring (bicyclic) bond motifs is 1. The Morgan fingerprint density at radius 3 is 2.94 bits per heavy atom. The first-order valence-electron chi connectivity index (χ1n) is 6.45. The average molecular weight is 244 g/mol. The van der Waals surface area contributed by atoms with Crippen molar-refractivity contribution in [3.63, 3.8) is 0 Å². The molecule has 1 saturated heterocycles. The Labute approximate surface area is 106 Å². The molecular formula is C15H17FN2. The quantitative estimate of drug-likeness (QED) is 0.833. The summed E-state index contributed by atoms with van der Waals surface area (Å²) >= 11 is 0. The maximum atomic E-state index is 14.8. The van der Waals surface area contributed by atoms with Crippen LogP contribution in [0.25, 0.3) is 10.9 Å². The van der Waals surface area contributed by atoms with Crippen molar-refractivity contribution in [1.82, 2.24) is 10.3 Å². The zero-order valence-corrected chi connectivity index (χ0v) is 10.5. The molecule has 1 fully saturated rings. The second-order valence-corrected chi connectivity index (χ2v) is 5.11. The Hall–Kier alpha value is -1.48. The third kappa shape index (κ3) is 1.99. The first-order chi connectivity index (χ1) is 8.67. The fourth-order valence-corrected chi connectivity index (χ4v) is 2.62. The molecule has 94 valence electrons. The van der Waals surface area contributed by atoms with E-state index in [0.717, 1.165) is 35.1 Å². The van der Waals surface area contributed by atoms with Gasteiger partial charge in [0.05, 0.1) is 5.52 Å². The molecule has 1 atom stereocenters. The molecule has 2 aromatic rings. The molecule has 2 nitrogen and oxygen atoms in total. The van der Waals surface area contributed by atoms with Crippen LogP contribution in [0.2, 0.25) is 0 Å². The van der Waals surface area contributed by atoms with E-state index < -0.39 is 5.67 Å². The number of rotatable bonds is 1. The van der Waals surface area contributed by atoms with Gasteiger partial charge >= 0.3 is 0 Å². The molecule has 0 radical (unpaired) electrons. The van der Waals surface area contributed by atoms with E-state index in [1.54, 1.807) is 0 Å². The lowest BCUT2D eigenvalue weighted by molar-refractivity contribution is 0.122. The number of pyridine rings is 1. The fraction of sp³-hybridized carbons (Fsp3) is 0.400. The molecule has 0 spiro atoms. The van der Waals surface area contributed by atoms with Gasteiger partial charge in [-0.05, 0) is 50.1 Å². The number of nitrogens with zero attached hydrogens (tertiary/aromatic N) is 1. The molecule has 0 amide bonds. The molecule has 3 rings (SSSR count). The summed E-state index contributed by atoms with van der Waals surface area (Å²) in [5.74, 6) is 0. The summed E-state index contributed by atoms with van der Waals surface area (Å²) in [5, 5.41) is 4.15. The number of hydrogen-bond acceptors (Lipinski definition) is 2. The highest BCUT2D eigenvalue weighted by Crippen LogP contribution is 2.34. The predicted octanol–water partition coefficient (Wildman–Crippen LogP) is 3.09. The third-order valence-corrected chi connectivity index (χ3v) is 3.68. The van der Waals surface area contributed by atoms with Crippen LogP contribution in [0, 0.1) is 6.92 Å². The standard InChI is InChI=1S/C15H17FN2/c1-11-3-4-12-9-13(5-6-14(12)18-11)15(16)7-2-8-17-10-15/h3-6,9,17H,2,7-8,10H2,1H3. The molecule has 2 heterocycles. The average Bonchev–Trinajstić information content (AvgIpc) is 2.39. The van der Waals surface area contributed by atoms with E-state index in [1.807, 2.05) is 37.3 Å². The lowest BCUT2D eigenvalue weighted by Gasteiger charge is -2.30. The SMILES string of the molecule is Cc1ccc2cc(C3(F)CCCNC3)ccc2n1. The Morgan fingerprint density at radius 1 is 1.28 bits per heavy atom. The second kappa shape index (κ2) is 4.32. The minimum Gasteiger partial charge on any atom is -0.313 e. The van der Waals surface area contributed by atoms with Gasteiger partial charge in [0.1, 0.15) is 5.67 Å². The largest absolute Gasteiger partial charge is 0.313 e. The maximum absolute atomic E-state index is 14.8. The van der Waals surface area contributed by atoms with E-state index in [1.165, 1.54) is 0 Å². The topological polar surface area (TPSA) is 24.9 Å². The fourth-order valence-electron chi connectivity index (χ4n) is 2.62. The van der Waals surface area contributed by atoms with Crippen molar-refractivity contribution in [3.05, 3.63) is 41.6 Å². The Kier molecular flexibility index (Phi) is 2.78. The van der Waals surface area contributed by atoms with Gasteiger partial charge in [-0.3, -0.25) is 4.98 Å². The monoisotopic (exact) mass is 244 g/mol. The molecule has 1 aliphatic rings. The summed E-state index contributed by atoms with van der Waals surface area (Å²) in [4.78, 5) is 4.45. The molecule has 0 saturated carbocycles. The molecular weight excluding hydrogens is 227 g/mol. The van der Waals surface area contributed by atoms with E-state index in [4.69, 9.17) is 0 Å². The lowest BCUT2D eigenvalue weighted by Crippen LogP contribution is -2.40. The minimum absolute atomic E-state index is 0.414. The van der Waals surface area contributed by atoms with Crippen molar-refractivity contribution in [3.8, 4) is 0 Å². The van der Waals surface area contributed by atoms with E-state index in [9.17, 15) is 4.39 Å². The molecule has 18 heavy (non-hydrogen) atoms. The molecule has 0 bridgehead atoms. The highest BCUT2D eigenvalue weighted by atomic mass is 19.1. The summed E-state index contributed by atoms with van der Waals surface area (Å²) in [6.45, 7) is 3.30. The van der Waals surface area contributed by atoms with Gasteiger partial charge in [-0.25, -0.2) is 4.39 Å². The summed E-state index contributed by atoms with van der Waals surface area (Å²) in [7, 11) is 0. The lowest BCUT2D eigenvalue weighted by atomic mass is 9.88. The zero-order valence-electron chi connectivity index (χ0n) is 10.5. The summed E-state index contributed by atoms with van der Waals surface area (Å²) in [6.07, 6.45) is 1.49. The summed E-state index contributed by atoms with van der Waals surface area (Å²) < 4.78 is 14.8. The van der Waals surface area contributed by atoms with Gasteiger partial charge in [-0.2, -0.15) is 0 Å². The van der Waals surface area contributed by atoms with Crippen molar-refractivity contribution >= 4 is 10.9 Å². The molecule has 1 aliphatic heterocycles. The Bertz CT molecular complexity index is 574. The highest BCUT2D eigenvalue weighted by Gasteiger charge is 2.33. The van der Waals surface area contributed by atoms with E-state index >= 15 is 0 Å². The number of nitrogens with one attached hydrogen (secondary N) is 1. The van der Waals surface area contributed by atoms with Gasteiger partial charge in [0.15, 0.2) is 0 Å². The number of benzene rings is 1. The molecule has 1 aromatic carbocycles. The van der Waals surface area contributed by atoms with Crippen LogP contribution in [0.1, 0.15) is 24.1 Å². The van der Waals surface area contributed by atoms with Gasteiger partial charge in [0, 0.05) is 17.6 Å². The number of halogens is 1. The van der Waals surface area contributed by atoms with Crippen LogP contribution in [-0.4, -0.2) is 18.1 Å². The number of aromatic nitrogens is 1. The van der Waals surface area contributed by atoms with Crippen molar-refractivity contribution in [2.75, 3.05) is 13.1 Å². The molecule has 1 unspecified atom stereocenters. The Morgan fingerprint density at radius 2 is 2.17 bits per heavy atom. The summed E-state index contributed by atoms with van der Waals surface area (Å²) in [6, 6.07) is 9.72. The minimum atomic E-state index is -1.22. The summed E-state index contributed by atoms with van der Waals surface area (Å²) in [5.41, 5.74) is 1.47. The molecule has 3 heteroatoms. The number of piperidine rings is 1. The third-order valence-electron chi connectivity index (χ3n) is 3.68. The Balaban J connectivity index is 2.05. The van der Waals surface area contributed by atoms with Gasteiger partial charge in [0.2, 0.25) is 0 Å². The first kappa shape index (κ1) is 11.6. The van der Waals surface area contributed by atoms with E-state index in [2.05, 4.69) is 10.3 Å². The number of hydrogen-bond donors (Lipinski definition) is 1. The van der Waals surface area contributed by atoms with Gasteiger partial charge in [-0.15, -0.1) is 0 Å². The zero-order chi connectivity index (χ0) is 12.6. The van der Waals surface area contributed by atoms with Crippen molar-refractivity contribution in [1.29, 1.82) is 0 Å². The van der Waals surface area contributed by atoms with Gasteiger partial charge in [0.25, 0.3) is 0 Å². The molecule has 1 aromatic heterocycles. The van der Waals surface area contributed by atoms with Crippen LogP contribution in [0.5, 0.6) is 0 Å². The normalized spacial score (nSPS) is 24.3. The van der Waals surface area contributed by atoms with Gasteiger partial charge < -0.3 is 5.32 Å². The van der Waals surface area contributed by atoms with Crippen LogP contribution in [0.3, 0.4) is 0 Å². The predicted molar refractivity (Wildman–Crippen MR) is 71.4 cm³/mol. The van der Waals surface area contributed by atoms with Crippen molar-refractivity contribution in [2.45, 2.75) is 25.4 Å². The van der Waals surface area contributed by atoms with Gasteiger partial charge in [-0.1, -0.05) is 12.1 Å². The smallest absolute Gasteiger partial charge is 0.148 e. The van der Waals surface area contributed by atoms with Crippen LogP contribution in [0.15, 0.2) is 30.3 Å². The van der Waals surface area contributed by atoms with Crippen LogP contribution < -0.4 is 5.32 Å². The van der Waals surface area contributed by atoms with Crippen LogP contribution in [0.4, 0.5) is 4.39 Å².